The van der Waals surface area contributed by atoms with Crippen molar-refractivity contribution in [3.63, 3.8) is 0 Å². The largest absolute Gasteiger partial charge is 0.462 e. The van der Waals surface area contributed by atoms with Crippen molar-refractivity contribution in [3.05, 3.63) is 53.6 Å². The molecule has 2 rings (SSSR count). The molecule has 0 unspecified atom stereocenters. The monoisotopic (exact) mass is 330 g/mol. The second-order valence-corrected chi connectivity index (χ2v) is 5.17. The molecule has 1 aromatic carbocycles. The molecule has 0 amide bonds. The molecule has 0 aliphatic heterocycles. The number of nitrogens with one attached hydrogen (secondary N) is 2. The van der Waals surface area contributed by atoms with E-state index >= 15 is 0 Å². The van der Waals surface area contributed by atoms with Gasteiger partial charge >= 0.3 is 5.97 Å². The van der Waals surface area contributed by atoms with E-state index in [4.69, 9.17) is 17.0 Å². The highest BCUT2D eigenvalue weighted by molar-refractivity contribution is 7.80. The van der Waals surface area contributed by atoms with Crippen LogP contribution < -0.4 is 10.6 Å². The van der Waals surface area contributed by atoms with Gasteiger partial charge < -0.3 is 15.4 Å². The summed E-state index contributed by atoms with van der Waals surface area (Å²) in [7, 11) is 0. The fraction of sp³-hybridized carbons (Fsp3) is 0.250. The number of esters is 1. The van der Waals surface area contributed by atoms with Crippen LogP contribution in [0, 0.1) is 6.92 Å². The summed E-state index contributed by atoms with van der Waals surface area (Å²) < 4.78 is 4.97. The summed E-state index contributed by atoms with van der Waals surface area (Å²) in [6.07, 6.45) is 3.41. The first-order valence-electron chi connectivity index (χ1n) is 7.18. The highest BCUT2D eigenvalue weighted by Crippen LogP contribution is 2.11. The first-order chi connectivity index (χ1) is 11.1. The van der Waals surface area contributed by atoms with Gasteiger partial charge in [-0.1, -0.05) is 6.07 Å². The third-order valence-electron chi connectivity index (χ3n) is 2.90. The Labute approximate surface area is 140 Å². The Hall–Kier alpha value is -2.54. The number of hydrogen-bond donors (Lipinski definition) is 2. The van der Waals surface area contributed by atoms with Crippen LogP contribution in [0.15, 0.2) is 36.7 Å². The molecular formula is C16H18N4O2S. The standard InChI is InChI=1S/C16H18N4O2S/c1-3-22-15(21)12-5-4-6-13(7-12)20-16(23)19-10-14-9-17-11(2)8-18-14/h4-9H,3,10H2,1-2H3,(H2,19,20,23). The van der Waals surface area contributed by atoms with Crippen molar-refractivity contribution in [2.75, 3.05) is 11.9 Å². The lowest BCUT2D eigenvalue weighted by Gasteiger charge is -2.11. The van der Waals surface area contributed by atoms with Crippen LogP contribution in [0.3, 0.4) is 0 Å². The average molecular weight is 330 g/mol. The smallest absolute Gasteiger partial charge is 0.338 e. The molecule has 0 saturated carbocycles. The highest BCUT2D eigenvalue weighted by atomic mass is 32.1. The fourth-order valence-electron chi connectivity index (χ4n) is 1.80. The Balaban J connectivity index is 1.91. The maximum absolute atomic E-state index is 11.7. The fourth-order valence-corrected chi connectivity index (χ4v) is 1.99. The van der Waals surface area contributed by atoms with Gasteiger partial charge in [-0.15, -0.1) is 0 Å². The van der Waals surface area contributed by atoms with Crippen LogP contribution in [0.25, 0.3) is 0 Å². The van der Waals surface area contributed by atoms with Gasteiger partial charge in [0.1, 0.15) is 0 Å². The van der Waals surface area contributed by atoms with Gasteiger partial charge in [0.2, 0.25) is 0 Å². The number of aryl methyl sites for hydroxylation is 1. The van der Waals surface area contributed by atoms with Crippen molar-refractivity contribution in [1.29, 1.82) is 0 Å². The molecule has 0 radical (unpaired) electrons. The molecular weight excluding hydrogens is 312 g/mol. The number of aromatic nitrogens is 2. The zero-order valence-electron chi connectivity index (χ0n) is 13.0. The van der Waals surface area contributed by atoms with Crippen LogP contribution in [0.1, 0.15) is 28.7 Å². The summed E-state index contributed by atoms with van der Waals surface area (Å²) in [5.74, 6) is -0.357. The number of carbonyl (C=O) groups excluding carboxylic acids is 1. The molecule has 1 heterocycles. The first-order valence-corrected chi connectivity index (χ1v) is 7.59. The molecule has 120 valence electrons. The van der Waals surface area contributed by atoms with Crippen molar-refractivity contribution in [2.24, 2.45) is 0 Å². The number of thiocarbonyl (C=S) groups is 1. The van der Waals surface area contributed by atoms with E-state index in [1.165, 1.54) is 0 Å². The Morgan fingerprint density at radius 1 is 1.30 bits per heavy atom. The number of nitrogens with zero attached hydrogens (tertiary/aromatic N) is 2. The van der Waals surface area contributed by atoms with Gasteiger partial charge in [-0.3, -0.25) is 9.97 Å². The van der Waals surface area contributed by atoms with Gasteiger partial charge in [0.15, 0.2) is 5.11 Å². The summed E-state index contributed by atoms with van der Waals surface area (Å²) in [5.41, 5.74) is 2.84. The van der Waals surface area contributed by atoms with Crippen molar-refractivity contribution in [2.45, 2.75) is 20.4 Å². The van der Waals surface area contributed by atoms with E-state index < -0.39 is 0 Å². The minimum Gasteiger partial charge on any atom is -0.462 e. The molecule has 0 atom stereocenters. The maximum Gasteiger partial charge on any atom is 0.338 e. The molecule has 0 aliphatic rings. The summed E-state index contributed by atoms with van der Waals surface area (Å²) in [6, 6.07) is 6.98. The van der Waals surface area contributed by atoms with Crippen molar-refractivity contribution in [3.8, 4) is 0 Å². The predicted molar refractivity (Wildman–Crippen MR) is 92.2 cm³/mol. The Morgan fingerprint density at radius 3 is 2.83 bits per heavy atom. The molecule has 0 aliphatic carbocycles. The SMILES string of the molecule is CCOC(=O)c1cccc(NC(=S)NCc2cnc(C)cn2)c1. The van der Waals surface area contributed by atoms with Crippen LogP contribution in [-0.4, -0.2) is 27.7 Å². The first kappa shape index (κ1) is 16.8. The van der Waals surface area contributed by atoms with E-state index in [0.717, 1.165) is 11.4 Å². The third kappa shape index (κ3) is 5.30. The van der Waals surface area contributed by atoms with E-state index in [9.17, 15) is 4.79 Å². The van der Waals surface area contributed by atoms with Crippen LogP contribution in [-0.2, 0) is 11.3 Å². The maximum atomic E-state index is 11.7. The van der Waals surface area contributed by atoms with E-state index in [1.54, 1.807) is 37.5 Å². The Morgan fingerprint density at radius 2 is 2.13 bits per heavy atom. The van der Waals surface area contributed by atoms with Crippen LogP contribution in [0.5, 0.6) is 0 Å². The molecule has 1 aromatic heterocycles. The topological polar surface area (TPSA) is 76.1 Å². The molecule has 0 spiro atoms. The number of anilines is 1. The molecule has 6 nitrogen and oxygen atoms in total. The van der Waals surface area contributed by atoms with Crippen LogP contribution in [0.2, 0.25) is 0 Å². The quantitative estimate of drug-likeness (QED) is 0.644. The Kier molecular flexibility index (Phi) is 5.99. The molecule has 2 aromatic rings. The summed E-state index contributed by atoms with van der Waals surface area (Å²) >= 11 is 5.23. The van der Waals surface area contributed by atoms with Crippen LogP contribution in [0.4, 0.5) is 5.69 Å². The minimum atomic E-state index is -0.357. The molecule has 0 saturated heterocycles. The number of ether oxygens (including phenoxy) is 1. The second kappa shape index (κ2) is 8.19. The number of carbonyl (C=O) groups is 1. The van der Waals surface area contributed by atoms with Crippen LogP contribution >= 0.6 is 12.2 Å². The normalized spacial score (nSPS) is 10.0. The number of rotatable bonds is 5. The number of benzene rings is 1. The second-order valence-electron chi connectivity index (χ2n) is 4.76. The third-order valence-corrected chi connectivity index (χ3v) is 3.14. The lowest BCUT2D eigenvalue weighted by Crippen LogP contribution is -2.28. The van der Waals surface area contributed by atoms with Gasteiger partial charge in [-0.25, -0.2) is 4.79 Å². The zero-order chi connectivity index (χ0) is 16.7. The summed E-state index contributed by atoms with van der Waals surface area (Å²) in [5, 5.41) is 6.51. The molecule has 2 N–H and O–H groups in total. The van der Waals surface area contributed by atoms with Crippen molar-refractivity contribution in [1.82, 2.24) is 15.3 Å². The molecule has 7 heteroatoms. The summed E-state index contributed by atoms with van der Waals surface area (Å²) in [4.78, 5) is 20.1. The van der Waals surface area contributed by atoms with Gasteiger partial charge in [0.25, 0.3) is 0 Å². The minimum absolute atomic E-state index is 0.341. The molecule has 0 fully saturated rings. The van der Waals surface area contributed by atoms with E-state index in [-0.39, 0.29) is 5.97 Å². The molecule has 0 bridgehead atoms. The lowest BCUT2D eigenvalue weighted by molar-refractivity contribution is 0.0526. The van der Waals surface area contributed by atoms with Gasteiger partial charge in [0, 0.05) is 11.9 Å². The van der Waals surface area contributed by atoms with Crippen molar-refractivity contribution >= 4 is 29.0 Å². The van der Waals surface area contributed by atoms with Gasteiger partial charge in [0.05, 0.1) is 36.3 Å². The van der Waals surface area contributed by atoms with Crippen molar-refractivity contribution < 1.29 is 9.53 Å². The average Bonchev–Trinajstić information content (AvgIpc) is 2.55. The predicted octanol–water partition coefficient (Wildman–Crippen LogP) is 2.45. The van der Waals surface area contributed by atoms with Gasteiger partial charge in [-0.2, -0.15) is 0 Å². The summed E-state index contributed by atoms with van der Waals surface area (Å²) in [6.45, 7) is 4.46. The van der Waals surface area contributed by atoms with Gasteiger partial charge in [-0.05, 0) is 44.3 Å². The van der Waals surface area contributed by atoms with E-state index in [1.807, 2.05) is 13.0 Å². The Bertz CT molecular complexity index is 689. The number of hydrogen-bond acceptors (Lipinski definition) is 5. The van der Waals surface area contributed by atoms with E-state index in [0.29, 0.717) is 29.5 Å². The highest BCUT2D eigenvalue weighted by Gasteiger charge is 2.07. The zero-order valence-corrected chi connectivity index (χ0v) is 13.8. The van der Waals surface area contributed by atoms with E-state index in [2.05, 4.69) is 20.6 Å². The lowest BCUT2D eigenvalue weighted by atomic mass is 10.2. The molecule has 23 heavy (non-hydrogen) atoms.